The second-order valence-corrected chi connectivity index (χ2v) is 7.92. The summed E-state index contributed by atoms with van der Waals surface area (Å²) in [6.45, 7) is 10.3. The molecule has 28 heavy (non-hydrogen) atoms. The minimum atomic E-state index is -0.0454. The van der Waals surface area contributed by atoms with Crippen LogP contribution in [0.2, 0.25) is 0 Å². The lowest BCUT2D eigenvalue weighted by Gasteiger charge is -2.36. The van der Waals surface area contributed by atoms with Crippen molar-refractivity contribution in [2.75, 3.05) is 13.2 Å². The number of fused-ring (bicyclic) bond motifs is 1. The van der Waals surface area contributed by atoms with Crippen LogP contribution in [-0.2, 0) is 11.4 Å². The minimum Gasteiger partial charge on any atom is -0.376 e. The molecule has 1 fully saturated rings. The molecular formula is C23H27N3O2. The average molecular weight is 377 g/mol. The highest BCUT2D eigenvalue weighted by Crippen LogP contribution is 2.28. The Balaban J connectivity index is 1.87. The predicted molar refractivity (Wildman–Crippen MR) is 112 cm³/mol. The van der Waals surface area contributed by atoms with Gasteiger partial charge in [0.2, 0.25) is 0 Å². The van der Waals surface area contributed by atoms with Gasteiger partial charge in [-0.15, -0.1) is 0 Å². The van der Waals surface area contributed by atoms with Crippen molar-refractivity contribution in [1.82, 2.24) is 14.7 Å². The van der Waals surface area contributed by atoms with Gasteiger partial charge in [0.25, 0.3) is 5.56 Å². The Labute approximate surface area is 165 Å². The number of hydrogen-bond acceptors (Lipinski definition) is 4. The first-order chi connectivity index (χ1) is 13.4. The Morgan fingerprint density at radius 1 is 1.11 bits per heavy atom. The molecular weight excluding hydrogens is 350 g/mol. The van der Waals surface area contributed by atoms with Crippen molar-refractivity contribution in [3.8, 4) is 11.3 Å². The van der Waals surface area contributed by atoms with Crippen LogP contribution in [0.15, 0.2) is 47.3 Å². The summed E-state index contributed by atoms with van der Waals surface area (Å²) in [4.78, 5) is 15.4. The Morgan fingerprint density at radius 3 is 2.64 bits per heavy atom. The molecule has 2 aromatic carbocycles. The fraction of sp³-hybridized carbons (Fsp3) is 0.391. The third-order valence-electron chi connectivity index (χ3n) is 5.57. The first-order valence-electron chi connectivity index (χ1n) is 9.87. The number of aromatic nitrogens is 2. The smallest absolute Gasteiger partial charge is 0.275 e. The normalized spacial score (nSPS) is 20.6. The van der Waals surface area contributed by atoms with E-state index < -0.39 is 0 Å². The van der Waals surface area contributed by atoms with E-state index in [1.54, 1.807) is 4.68 Å². The molecule has 2 heterocycles. The van der Waals surface area contributed by atoms with Crippen LogP contribution in [-0.4, -0.2) is 40.0 Å². The lowest BCUT2D eigenvalue weighted by atomic mass is 9.99. The molecule has 1 aliphatic heterocycles. The Kier molecular flexibility index (Phi) is 5.04. The third-order valence-corrected chi connectivity index (χ3v) is 5.57. The third kappa shape index (κ3) is 3.48. The summed E-state index contributed by atoms with van der Waals surface area (Å²) < 4.78 is 7.35. The summed E-state index contributed by atoms with van der Waals surface area (Å²) in [6.07, 6.45) is 0.158. The Morgan fingerprint density at radius 2 is 1.86 bits per heavy atom. The van der Waals surface area contributed by atoms with Gasteiger partial charge in [-0.25, -0.2) is 4.68 Å². The molecule has 3 aromatic rings. The van der Waals surface area contributed by atoms with E-state index in [0.717, 1.165) is 28.8 Å². The van der Waals surface area contributed by atoms with E-state index in [0.29, 0.717) is 18.7 Å². The van der Waals surface area contributed by atoms with Crippen LogP contribution in [0.4, 0.5) is 0 Å². The van der Waals surface area contributed by atoms with E-state index >= 15 is 0 Å². The van der Waals surface area contributed by atoms with E-state index in [1.807, 2.05) is 24.3 Å². The Bertz CT molecular complexity index is 1070. The maximum absolute atomic E-state index is 13.2. The molecule has 0 amide bonds. The highest BCUT2D eigenvalue weighted by Gasteiger charge is 2.25. The van der Waals surface area contributed by atoms with Gasteiger partial charge in [0.15, 0.2) is 0 Å². The molecule has 0 spiro atoms. The van der Waals surface area contributed by atoms with Crippen molar-refractivity contribution in [1.29, 1.82) is 0 Å². The summed E-state index contributed by atoms with van der Waals surface area (Å²) in [5.74, 6) is 0. The van der Waals surface area contributed by atoms with E-state index in [9.17, 15) is 4.79 Å². The number of ether oxygens (including phenoxy) is 1. The second-order valence-electron chi connectivity index (χ2n) is 7.92. The summed E-state index contributed by atoms with van der Waals surface area (Å²) in [6, 6.07) is 14.4. The first kappa shape index (κ1) is 18.8. The van der Waals surface area contributed by atoms with Crippen LogP contribution in [0.1, 0.15) is 25.0 Å². The van der Waals surface area contributed by atoms with E-state index in [4.69, 9.17) is 9.84 Å². The van der Waals surface area contributed by atoms with Crippen LogP contribution < -0.4 is 5.56 Å². The summed E-state index contributed by atoms with van der Waals surface area (Å²) in [5, 5.41) is 6.46. The van der Waals surface area contributed by atoms with Gasteiger partial charge < -0.3 is 4.74 Å². The van der Waals surface area contributed by atoms with Gasteiger partial charge in [-0.2, -0.15) is 5.10 Å². The van der Waals surface area contributed by atoms with E-state index in [2.05, 4.69) is 50.8 Å². The number of nitrogens with zero attached hydrogens (tertiary/aromatic N) is 3. The van der Waals surface area contributed by atoms with Gasteiger partial charge >= 0.3 is 0 Å². The second kappa shape index (κ2) is 7.49. The number of morpholine rings is 1. The zero-order valence-corrected chi connectivity index (χ0v) is 17.0. The molecule has 5 nitrogen and oxygen atoms in total. The molecule has 4 rings (SSSR count). The zero-order chi connectivity index (χ0) is 19.8. The molecule has 2 unspecified atom stereocenters. The molecule has 1 aromatic heterocycles. The number of aryl methyl sites for hydroxylation is 2. The molecule has 5 heteroatoms. The van der Waals surface area contributed by atoms with E-state index in [1.165, 1.54) is 5.56 Å². The van der Waals surface area contributed by atoms with Crippen LogP contribution in [0, 0.1) is 13.8 Å². The Hall–Kier alpha value is -2.50. The topological polar surface area (TPSA) is 47.4 Å². The largest absolute Gasteiger partial charge is 0.376 e. The molecule has 0 saturated carbocycles. The highest BCUT2D eigenvalue weighted by atomic mass is 16.5. The van der Waals surface area contributed by atoms with Crippen molar-refractivity contribution in [3.63, 3.8) is 0 Å². The van der Waals surface area contributed by atoms with Crippen LogP contribution >= 0.6 is 0 Å². The number of benzene rings is 2. The van der Waals surface area contributed by atoms with Crippen molar-refractivity contribution in [3.05, 3.63) is 63.9 Å². The van der Waals surface area contributed by atoms with Crippen LogP contribution in [0.25, 0.3) is 22.0 Å². The van der Waals surface area contributed by atoms with Gasteiger partial charge in [-0.05, 0) is 45.4 Å². The van der Waals surface area contributed by atoms with Gasteiger partial charge in [-0.1, -0.05) is 35.9 Å². The summed E-state index contributed by atoms with van der Waals surface area (Å²) >= 11 is 0. The standard InChI is InChI=1S/C23H27N3O2/c1-15-9-10-16(2)21(11-15)22-19-7-5-6-8-20(19)23(27)26(24-22)14-25-12-18(4)28-13-17(25)3/h5-11,17-18H,12-14H2,1-4H3. The van der Waals surface area contributed by atoms with E-state index in [-0.39, 0.29) is 17.7 Å². The van der Waals surface area contributed by atoms with Gasteiger partial charge in [0.05, 0.1) is 30.5 Å². The predicted octanol–water partition coefficient (Wildman–Crippen LogP) is 3.75. The molecule has 0 aliphatic carbocycles. The summed E-state index contributed by atoms with van der Waals surface area (Å²) in [7, 11) is 0. The van der Waals surface area contributed by atoms with Crippen LogP contribution in [0.3, 0.4) is 0 Å². The number of rotatable bonds is 3. The maximum Gasteiger partial charge on any atom is 0.275 e. The monoisotopic (exact) mass is 377 g/mol. The zero-order valence-electron chi connectivity index (χ0n) is 17.0. The van der Waals surface area contributed by atoms with Gasteiger partial charge in [0, 0.05) is 23.5 Å². The van der Waals surface area contributed by atoms with Crippen molar-refractivity contribution in [2.45, 2.75) is 46.5 Å². The molecule has 0 bridgehead atoms. The lowest BCUT2D eigenvalue weighted by Crippen LogP contribution is -2.49. The first-order valence-corrected chi connectivity index (χ1v) is 9.87. The van der Waals surface area contributed by atoms with Crippen LogP contribution in [0.5, 0.6) is 0 Å². The molecule has 1 saturated heterocycles. The molecule has 2 atom stereocenters. The fourth-order valence-corrected chi connectivity index (χ4v) is 3.86. The molecule has 146 valence electrons. The summed E-state index contributed by atoms with van der Waals surface area (Å²) in [5.41, 5.74) is 4.23. The highest BCUT2D eigenvalue weighted by molar-refractivity contribution is 5.94. The lowest BCUT2D eigenvalue weighted by molar-refractivity contribution is -0.0627. The van der Waals surface area contributed by atoms with Gasteiger partial charge in [-0.3, -0.25) is 9.69 Å². The van der Waals surface area contributed by atoms with Crippen molar-refractivity contribution in [2.24, 2.45) is 0 Å². The SMILES string of the molecule is Cc1ccc(C)c(-c2nn(CN3CC(C)OCC3C)c(=O)c3ccccc23)c1. The fourth-order valence-electron chi connectivity index (χ4n) is 3.86. The van der Waals surface area contributed by atoms with Gasteiger partial charge in [0.1, 0.15) is 0 Å². The average Bonchev–Trinajstić information content (AvgIpc) is 2.69. The molecule has 1 aliphatic rings. The maximum atomic E-state index is 13.2. The quantitative estimate of drug-likeness (QED) is 0.697. The van der Waals surface area contributed by atoms with Crippen molar-refractivity contribution < 1.29 is 4.74 Å². The number of hydrogen-bond donors (Lipinski definition) is 0. The molecule has 0 N–H and O–H groups in total. The van der Waals surface area contributed by atoms with Crippen molar-refractivity contribution >= 4 is 10.8 Å². The minimum absolute atomic E-state index is 0.0454. The molecule has 0 radical (unpaired) electrons.